The van der Waals surface area contributed by atoms with Crippen LogP contribution >= 0.6 is 0 Å². The molecule has 146 valence electrons. The average molecular weight is 376 g/mol. The van der Waals surface area contributed by atoms with Gasteiger partial charge in [-0.15, -0.1) is 0 Å². The molecule has 0 spiro atoms. The minimum Gasteiger partial charge on any atom is -0.339 e. The molecule has 0 aromatic heterocycles. The SMILES string of the molecule is O=C(c1ccc(-c2ccc3c(c2)CCN([C@@H]2CCNC2)C3)cc1)N1CCCC1. The molecule has 0 bridgehead atoms. The Morgan fingerprint density at radius 3 is 2.46 bits per heavy atom. The molecule has 3 aliphatic rings. The predicted molar refractivity (Wildman–Crippen MR) is 112 cm³/mol. The summed E-state index contributed by atoms with van der Waals surface area (Å²) < 4.78 is 0. The Labute approximate surface area is 167 Å². The molecule has 2 aromatic rings. The van der Waals surface area contributed by atoms with Crippen LogP contribution in [0.15, 0.2) is 42.5 Å². The first-order chi connectivity index (χ1) is 13.8. The van der Waals surface area contributed by atoms with Crippen LogP contribution < -0.4 is 5.32 Å². The van der Waals surface area contributed by atoms with Crippen molar-refractivity contribution in [3.05, 3.63) is 59.2 Å². The monoisotopic (exact) mass is 375 g/mol. The van der Waals surface area contributed by atoms with Gasteiger partial charge in [0.1, 0.15) is 0 Å². The van der Waals surface area contributed by atoms with Crippen molar-refractivity contribution in [2.75, 3.05) is 32.7 Å². The standard InChI is InChI=1S/C24H29N3O/c28-24(26-12-1-2-13-26)19-5-3-18(4-6-19)20-7-8-22-17-27(14-10-21(22)15-20)23-9-11-25-16-23/h3-8,15,23,25H,1-2,9-14,16-17H2/t23-/m1/s1. The first kappa shape index (κ1) is 17.9. The minimum absolute atomic E-state index is 0.177. The van der Waals surface area contributed by atoms with E-state index in [0.29, 0.717) is 6.04 Å². The van der Waals surface area contributed by atoms with E-state index in [4.69, 9.17) is 0 Å². The molecule has 1 N–H and O–H groups in total. The third-order valence-electron chi connectivity index (χ3n) is 6.66. The molecule has 2 aromatic carbocycles. The summed E-state index contributed by atoms with van der Waals surface area (Å²) in [7, 11) is 0. The second-order valence-electron chi connectivity index (χ2n) is 8.43. The van der Waals surface area contributed by atoms with Crippen molar-refractivity contribution < 1.29 is 4.79 Å². The zero-order valence-corrected chi connectivity index (χ0v) is 16.5. The molecule has 4 heteroatoms. The van der Waals surface area contributed by atoms with Crippen LogP contribution in [0.3, 0.4) is 0 Å². The number of carbonyl (C=O) groups excluding carboxylic acids is 1. The highest BCUT2D eigenvalue weighted by molar-refractivity contribution is 5.94. The Bertz CT molecular complexity index is 849. The van der Waals surface area contributed by atoms with Gasteiger partial charge in [0.2, 0.25) is 0 Å². The molecule has 3 aliphatic heterocycles. The van der Waals surface area contributed by atoms with Crippen LogP contribution in [0, 0.1) is 0 Å². The van der Waals surface area contributed by atoms with Gasteiger partial charge in [0.05, 0.1) is 0 Å². The number of nitrogens with zero attached hydrogens (tertiary/aromatic N) is 2. The number of rotatable bonds is 3. The van der Waals surface area contributed by atoms with Crippen LogP contribution in [0.4, 0.5) is 0 Å². The fraction of sp³-hybridized carbons (Fsp3) is 0.458. The van der Waals surface area contributed by atoms with Crippen molar-refractivity contribution in [1.29, 1.82) is 0 Å². The number of nitrogens with one attached hydrogen (secondary N) is 1. The largest absolute Gasteiger partial charge is 0.339 e. The van der Waals surface area contributed by atoms with E-state index in [9.17, 15) is 4.79 Å². The summed E-state index contributed by atoms with van der Waals surface area (Å²) in [6.45, 7) is 6.33. The highest BCUT2D eigenvalue weighted by Gasteiger charge is 2.26. The molecule has 0 saturated carbocycles. The van der Waals surface area contributed by atoms with E-state index >= 15 is 0 Å². The maximum Gasteiger partial charge on any atom is 0.253 e. The van der Waals surface area contributed by atoms with Crippen LogP contribution in [0.1, 0.15) is 40.7 Å². The Kier molecular flexibility index (Phi) is 4.91. The third kappa shape index (κ3) is 3.47. The van der Waals surface area contributed by atoms with E-state index in [1.54, 1.807) is 0 Å². The molecular formula is C24H29N3O. The molecule has 2 saturated heterocycles. The number of fused-ring (bicyclic) bond motifs is 1. The lowest BCUT2D eigenvalue weighted by Crippen LogP contribution is -2.40. The fourth-order valence-electron chi connectivity index (χ4n) is 4.93. The van der Waals surface area contributed by atoms with Gasteiger partial charge in [-0.3, -0.25) is 9.69 Å². The molecule has 0 aliphatic carbocycles. The summed E-state index contributed by atoms with van der Waals surface area (Å²) >= 11 is 0. The molecular weight excluding hydrogens is 346 g/mol. The zero-order valence-electron chi connectivity index (χ0n) is 16.5. The lowest BCUT2D eigenvalue weighted by atomic mass is 9.93. The van der Waals surface area contributed by atoms with Gasteiger partial charge in [-0.05, 0) is 66.6 Å². The van der Waals surface area contributed by atoms with Gasteiger partial charge in [0.15, 0.2) is 0 Å². The van der Waals surface area contributed by atoms with Gasteiger partial charge in [-0.25, -0.2) is 0 Å². The number of amides is 1. The quantitative estimate of drug-likeness (QED) is 0.894. The Balaban J connectivity index is 1.31. The molecule has 0 radical (unpaired) electrons. The van der Waals surface area contributed by atoms with Gasteiger partial charge in [0.25, 0.3) is 5.91 Å². The first-order valence-electron chi connectivity index (χ1n) is 10.7. The Morgan fingerprint density at radius 2 is 1.71 bits per heavy atom. The average Bonchev–Trinajstić information content (AvgIpc) is 3.47. The van der Waals surface area contributed by atoms with Gasteiger partial charge in [-0.1, -0.05) is 30.3 Å². The number of benzene rings is 2. The van der Waals surface area contributed by atoms with Crippen LogP contribution in [-0.2, 0) is 13.0 Å². The summed E-state index contributed by atoms with van der Waals surface area (Å²) in [5.74, 6) is 0.177. The van der Waals surface area contributed by atoms with Gasteiger partial charge >= 0.3 is 0 Å². The molecule has 2 fully saturated rings. The highest BCUT2D eigenvalue weighted by atomic mass is 16.2. The fourth-order valence-corrected chi connectivity index (χ4v) is 4.93. The number of hydrogen-bond donors (Lipinski definition) is 1. The first-order valence-corrected chi connectivity index (χ1v) is 10.7. The van der Waals surface area contributed by atoms with Crippen molar-refractivity contribution in [2.24, 2.45) is 0 Å². The van der Waals surface area contributed by atoms with E-state index < -0.39 is 0 Å². The Hall–Kier alpha value is -2.17. The van der Waals surface area contributed by atoms with Crippen LogP contribution in [0.2, 0.25) is 0 Å². The molecule has 0 unspecified atom stereocenters. The molecule has 28 heavy (non-hydrogen) atoms. The van der Waals surface area contributed by atoms with E-state index in [0.717, 1.165) is 64.1 Å². The minimum atomic E-state index is 0.177. The van der Waals surface area contributed by atoms with Crippen LogP contribution in [-0.4, -0.2) is 54.5 Å². The second-order valence-corrected chi connectivity index (χ2v) is 8.43. The summed E-state index contributed by atoms with van der Waals surface area (Å²) in [5.41, 5.74) is 6.22. The molecule has 4 nitrogen and oxygen atoms in total. The smallest absolute Gasteiger partial charge is 0.253 e. The van der Waals surface area contributed by atoms with Crippen molar-refractivity contribution in [1.82, 2.24) is 15.1 Å². The van der Waals surface area contributed by atoms with Gasteiger partial charge in [-0.2, -0.15) is 0 Å². The van der Waals surface area contributed by atoms with Gasteiger partial charge in [0, 0.05) is 44.3 Å². The maximum atomic E-state index is 12.5. The Morgan fingerprint density at radius 1 is 0.929 bits per heavy atom. The van der Waals surface area contributed by atoms with Crippen molar-refractivity contribution in [3.8, 4) is 11.1 Å². The topological polar surface area (TPSA) is 35.6 Å². The summed E-state index contributed by atoms with van der Waals surface area (Å²) in [6, 6.07) is 15.8. The molecule has 5 rings (SSSR count). The summed E-state index contributed by atoms with van der Waals surface area (Å²) in [5, 5.41) is 3.49. The van der Waals surface area contributed by atoms with Crippen LogP contribution in [0.25, 0.3) is 11.1 Å². The normalized spacial score (nSPS) is 22.4. The molecule has 1 amide bonds. The maximum absolute atomic E-state index is 12.5. The molecule has 3 heterocycles. The van der Waals surface area contributed by atoms with Crippen molar-refractivity contribution >= 4 is 5.91 Å². The van der Waals surface area contributed by atoms with E-state index in [2.05, 4.69) is 40.5 Å². The lowest BCUT2D eigenvalue weighted by Gasteiger charge is -2.33. The lowest BCUT2D eigenvalue weighted by molar-refractivity contribution is 0.0793. The summed E-state index contributed by atoms with van der Waals surface area (Å²) in [4.78, 5) is 17.2. The third-order valence-corrected chi connectivity index (χ3v) is 6.66. The van der Waals surface area contributed by atoms with Gasteiger partial charge < -0.3 is 10.2 Å². The van der Waals surface area contributed by atoms with E-state index in [1.807, 2.05) is 17.0 Å². The van der Waals surface area contributed by atoms with E-state index in [-0.39, 0.29) is 5.91 Å². The van der Waals surface area contributed by atoms with E-state index in [1.165, 1.54) is 28.7 Å². The number of carbonyl (C=O) groups is 1. The predicted octanol–water partition coefficient (Wildman–Crippen LogP) is 3.31. The number of likely N-dealkylation sites (tertiary alicyclic amines) is 1. The molecule has 1 atom stereocenters. The highest BCUT2D eigenvalue weighted by Crippen LogP contribution is 2.28. The van der Waals surface area contributed by atoms with Crippen molar-refractivity contribution in [3.63, 3.8) is 0 Å². The van der Waals surface area contributed by atoms with Crippen molar-refractivity contribution in [2.45, 2.75) is 38.3 Å². The second kappa shape index (κ2) is 7.69. The zero-order chi connectivity index (χ0) is 18.9. The number of hydrogen-bond acceptors (Lipinski definition) is 3. The van der Waals surface area contributed by atoms with Crippen LogP contribution in [0.5, 0.6) is 0 Å². The summed E-state index contributed by atoms with van der Waals surface area (Å²) in [6.07, 6.45) is 4.67.